The van der Waals surface area contributed by atoms with E-state index in [9.17, 15) is 19.2 Å². The summed E-state index contributed by atoms with van der Waals surface area (Å²) in [7, 11) is 0. The van der Waals surface area contributed by atoms with Crippen molar-refractivity contribution < 1.29 is 28.7 Å². The summed E-state index contributed by atoms with van der Waals surface area (Å²) in [6.45, 7) is -0.366. The predicted molar refractivity (Wildman–Crippen MR) is 125 cm³/mol. The number of rotatable bonds is 6. The Hall–Kier alpha value is -2.52. The van der Waals surface area contributed by atoms with Crippen LogP contribution < -0.4 is 5.32 Å². The highest BCUT2D eigenvalue weighted by Crippen LogP contribution is 2.60. The normalized spacial score (nSPS) is 29.0. The number of benzene rings is 2. The topological polar surface area (TPSA) is 98.8 Å². The molecule has 0 aromatic heterocycles. The Kier molecular flexibility index (Phi) is 5.86. The first kappa shape index (κ1) is 22.3. The quantitative estimate of drug-likeness (QED) is 0.317. The molecule has 9 heteroatoms. The molecule has 170 valence electrons. The van der Waals surface area contributed by atoms with Gasteiger partial charge < -0.3 is 14.8 Å². The fourth-order valence-corrected chi connectivity index (χ4v) is 6.49. The van der Waals surface area contributed by atoms with Gasteiger partial charge in [0, 0.05) is 21.6 Å². The first-order valence-electron chi connectivity index (χ1n) is 10.5. The number of anilines is 1. The molecule has 0 unspecified atom stereocenters. The third-order valence-electron chi connectivity index (χ3n) is 6.71. The average molecular weight is 577 g/mol. The minimum absolute atomic E-state index is 0.00165. The van der Waals surface area contributed by atoms with Gasteiger partial charge in [0.05, 0.1) is 22.2 Å². The molecule has 1 N–H and O–H groups in total. The maximum atomic E-state index is 13.0. The molecule has 1 amide bonds. The molecule has 2 aromatic carbocycles. The summed E-state index contributed by atoms with van der Waals surface area (Å²) in [6, 6.07) is 13.0. The van der Waals surface area contributed by atoms with Crippen LogP contribution in [0.4, 0.5) is 5.69 Å². The van der Waals surface area contributed by atoms with Crippen LogP contribution in [-0.2, 0) is 19.1 Å². The predicted octanol–water partition coefficient (Wildman–Crippen LogP) is 4.00. The summed E-state index contributed by atoms with van der Waals surface area (Å²) >= 11 is 6.91. The number of carbonyl (C=O) groups excluding carboxylic acids is 4. The van der Waals surface area contributed by atoms with E-state index in [2.05, 4.69) is 37.2 Å². The van der Waals surface area contributed by atoms with Crippen LogP contribution in [-0.4, -0.2) is 41.2 Å². The first-order valence-corrected chi connectivity index (χ1v) is 12.3. The van der Waals surface area contributed by atoms with Gasteiger partial charge in [0.2, 0.25) is 5.91 Å². The molecule has 33 heavy (non-hydrogen) atoms. The number of carbonyl (C=O) groups is 4. The summed E-state index contributed by atoms with van der Waals surface area (Å²) in [5, 5.41) is 2.86. The molecule has 1 heterocycles. The van der Waals surface area contributed by atoms with Gasteiger partial charge in [-0.15, -0.1) is 0 Å². The van der Waals surface area contributed by atoms with Crippen LogP contribution in [0.1, 0.15) is 27.1 Å². The van der Waals surface area contributed by atoms with E-state index < -0.39 is 11.9 Å². The minimum atomic E-state index is -0.631. The SMILES string of the molecule is O=C(COC(=O)c1ccc(NC(=O)[C@@H]2[C@H]3C[C@H]4[C@H](OC(=O)[C@@H]42)[C@H]3Br)cc1)c1ccc(Br)cc1. The zero-order valence-corrected chi connectivity index (χ0v) is 20.4. The van der Waals surface area contributed by atoms with Gasteiger partial charge in [-0.2, -0.15) is 0 Å². The zero-order chi connectivity index (χ0) is 23.3. The van der Waals surface area contributed by atoms with Gasteiger partial charge >= 0.3 is 11.9 Å². The number of Topliss-reactive ketones (excluding diaryl/α,β-unsaturated/α-hetero) is 1. The molecule has 2 aromatic rings. The van der Waals surface area contributed by atoms with Gasteiger partial charge in [-0.1, -0.05) is 44.0 Å². The number of alkyl halides is 1. The first-order chi connectivity index (χ1) is 15.8. The Balaban J connectivity index is 1.18. The Bertz CT molecular complexity index is 1130. The van der Waals surface area contributed by atoms with Gasteiger partial charge in [-0.05, 0) is 48.7 Å². The van der Waals surface area contributed by atoms with Crippen molar-refractivity contribution in [3.63, 3.8) is 0 Å². The zero-order valence-electron chi connectivity index (χ0n) is 17.2. The van der Waals surface area contributed by atoms with Crippen molar-refractivity contribution in [2.24, 2.45) is 23.7 Å². The molecule has 2 bridgehead atoms. The fourth-order valence-electron chi connectivity index (χ4n) is 5.18. The van der Waals surface area contributed by atoms with E-state index in [-0.39, 0.29) is 58.5 Å². The Morgan fingerprint density at radius 2 is 1.67 bits per heavy atom. The number of esters is 2. The standard InChI is InChI=1S/C24H19Br2NO6/c25-13-5-1-11(2-6-13)17(28)10-32-23(30)12-3-7-14(8-4-12)27-22(29)18-15-9-16-19(18)24(31)33-21(16)20(15)26/h1-8,15-16,18-21H,9-10H2,(H,27,29)/t15-,16-,18-,19+,20+,21+/m1/s1. The van der Waals surface area contributed by atoms with E-state index in [4.69, 9.17) is 9.47 Å². The van der Waals surface area contributed by atoms with E-state index in [1.165, 1.54) is 12.1 Å². The van der Waals surface area contributed by atoms with Gasteiger partial charge in [0.15, 0.2) is 12.4 Å². The summed E-state index contributed by atoms with van der Waals surface area (Å²) in [5.41, 5.74) is 1.23. The number of nitrogens with one attached hydrogen (secondary N) is 1. The second kappa shape index (κ2) is 8.68. The monoisotopic (exact) mass is 575 g/mol. The maximum Gasteiger partial charge on any atom is 0.338 e. The number of halogens is 2. The third kappa shape index (κ3) is 4.01. The van der Waals surface area contributed by atoms with Crippen LogP contribution in [0.3, 0.4) is 0 Å². The summed E-state index contributed by atoms with van der Waals surface area (Å²) in [4.78, 5) is 49.7. The van der Waals surface area contributed by atoms with Gasteiger partial charge in [-0.25, -0.2) is 4.79 Å². The molecule has 3 aliphatic rings. The maximum absolute atomic E-state index is 13.0. The largest absolute Gasteiger partial charge is 0.461 e. The molecule has 0 spiro atoms. The molecule has 2 aliphatic carbocycles. The Morgan fingerprint density at radius 3 is 2.36 bits per heavy atom. The number of hydrogen-bond acceptors (Lipinski definition) is 6. The molecule has 2 saturated carbocycles. The lowest BCUT2D eigenvalue weighted by atomic mass is 9.79. The molecule has 1 aliphatic heterocycles. The lowest BCUT2D eigenvalue weighted by Crippen LogP contribution is -2.40. The summed E-state index contributed by atoms with van der Waals surface area (Å²) in [5.74, 6) is -2.09. The van der Waals surface area contributed by atoms with Crippen LogP contribution in [0.15, 0.2) is 53.0 Å². The number of fused-ring (bicyclic) bond motifs is 1. The summed E-state index contributed by atoms with van der Waals surface area (Å²) in [6.07, 6.45) is 0.677. The highest BCUT2D eigenvalue weighted by molar-refractivity contribution is 9.10. The number of hydrogen-bond donors (Lipinski definition) is 1. The Labute approximate surface area is 206 Å². The molecule has 0 radical (unpaired) electrons. The highest BCUT2D eigenvalue weighted by atomic mass is 79.9. The second-order valence-electron chi connectivity index (χ2n) is 8.53. The van der Waals surface area contributed by atoms with Crippen LogP contribution in [0.25, 0.3) is 0 Å². The van der Waals surface area contributed by atoms with Crippen molar-refractivity contribution in [1.29, 1.82) is 0 Å². The van der Waals surface area contributed by atoms with Gasteiger partial charge in [-0.3, -0.25) is 14.4 Å². The number of ether oxygens (including phenoxy) is 2. The molecule has 6 atom stereocenters. The smallest absolute Gasteiger partial charge is 0.338 e. The van der Waals surface area contributed by atoms with Crippen molar-refractivity contribution >= 4 is 61.2 Å². The average Bonchev–Trinajstić information content (AvgIpc) is 3.42. The molecular weight excluding hydrogens is 558 g/mol. The van der Waals surface area contributed by atoms with E-state index in [0.29, 0.717) is 11.3 Å². The summed E-state index contributed by atoms with van der Waals surface area (Å²) < 4.78 is 11.4. The van der Waals surface area contributed by atoms with Crippen molar-refractivity contribution in [1.82, 2.24) is 0 Å². The van der Waals surface area contributed by atoms with Crippen LogP contribution >= 0.6 is 31.9 Å². The van der Waals surface area contributed by atoms with Crippen LogP contribution in [0.5, 0.6) is 0 Å². The lowest BCUT2D eigenvalue weighted by molar-refractivity contribution is -0.145. The minimum Gasteiger partial charge on any atom is -0.461 e. The van der Waals surface area contributed by atoms with Crippen molar-refractivity contribution in [2.45, 2.75) is 17.4 Å². The van der Waals surface area contributed by atoms with Gasteiger partial charge in [0.25, 0.3) is 0 Å². The van der Waals surface area contributed by atoms with E-state index in [1.807, 2.05) is 0 Å². The van der Waals surface area contributed by atoms with E-state index in [1.54, 1.807) is 36.4 Å². The molecular formula is C24H19Br2NO6. The van der Waals surface area contributed by atoms with Crippen molar-refractivity contribution in [2.75, 3.05) is 11.9 Å². The van der Waals surface area contributed by atoms with Crippen LogP contribution in [0, 0.1) is 23.7 Å². The third-order valence-corrected chi connectivity index (χ3v) is 8.44. The number of ketones is 1. The molecule has 7 nitrogen and oxygen atoms in total. The van der Waals surface area contributed by atoms with Gasteiger partial charge in [0.1, 0.15) is 6.10 Å². The molecule has 3 fully saturated rings. The Morgan fingerprint density at radius 1 is 1.00 bits per heavy atom. The fraction of sp³-hybridized carbons (Fsp3) is 0.333. The second-order valence-corrected chi connectivity index (χ2v) is 10.5. The number of amides is 1. The van der Waals surface area contributed by atoms with E-state index >= 15 is 0 Å². The van der Waals surface area contributed by atoms with Crippen LogP contribution in [0.2, 0.25) is 0 Å². The highest BCUT2D eigenvalue weighted by Gasteiger charge is 2.67. The molecule has 5 rings (SSSR count). The lowest BCUT2D eigenvalue weighted by Gasteiger charge is -2.27. The molecule has 1 saturated heterocycles. The van der Waals surface area contributed by atoms with Crippen molar-refractivity contribution in [3.05, 3.63) is 64.1 Å². The van der Waals surface area contributed by atoms with Crippen molar-refractivity contribution in [3.8, 4) is 0 Å². The van der Waals surface area contributed by atoms with E-state index in [0.717, 1.165) is 10.9 Å².